The average Bonchev–Trinajstić information content (AvgIpc) is 1.64. The number of nitrogens with zero attached hydrogens (tertiary/aromatic N) is 12. The van der Waals surface area contributed by atoms with E-state index in [-0.39, 0.29) is 59.0 Å². The first-order valence-corrected chi connectivity index (χ1v) is 32.1. The van der Waals surface area contributed by atoms with E-state index >= 15 is 0 Å². The Bertz CT molecular complexity index is 3950. The Morgan fingerprint density at radius 2 is 0.837 bits per heavy atom. The summed E-state index contributed by atoms with van der Waals surface area (Å²) < 4.78 is 96.2. The van der Waals surface area contributed by atoms with Gasteiger partial charge < -0.3 is 49.0 Å². The van der Waals surface area contributed by atoms with E-state index in [0.717, 1.165) is 35.4 Å². The van der Waals surface area contributed by atoms with Crippen LogP contribution in [0.5, 0.6) is 34.5 Å². The van der Waals surface area contributed by atoms with Crippen molar-refractivity contribution in [3.05, 3.63) is 128 Å². The van der Waals surface area contributed by atoms with Crippen molar-refractivity contribution in [3.8, 4) is 58.2 Å². The summed E-state index contributed by atoms with van der Waals surface area (Å²) in [6, 6.07) is 16.8. The number of aryl methyl sites for hydroxylation is 2. The molecule has 4 heterocycles. The highest BCUT2D eigenvalue weighted by molar-refractivity contribution is 7.89. The molecule has 486 valence electrons. The highest BCUT2D eigenvalue weighted by Crippen LogP contribution is 2.40. The van der Waals surface area contributed by atoms with Crippen LogP contribution in [-0.2, 0) is 46.0 Å². The van der Waals surface area contributed by atoms with Gasteiger partial charge in [-0.15, -0.1) is 11.8 Å². The van der Waals surface area contributed by atoms with E-state index in [9.17, 15) is 37.1 Å². The van der Waals surface area contributed by atoms with Crippen LogP contribution in [0.2, 0.25) is 0 Å². The lowest BCUT2D eigenvalue weighted by Gasteiger charge is -2.20. The van der Waals surface area contributed by atoms with Gasteiger partial charge in [-0.25, -0.2) is 46.7 Å². The smallest absolute Gasteiger partial charge is 0.269 e. The molecule has 92 heavy (non-hydrogen) atoms. The Hall–Kier alpha value is -9.88. The van der Waals surface area contributed by atoms with Crippen molar-refractivity contribution in [2.24, 2.45) is 0 Å². The van der Waals surface area contributed by atoms with Crippen LogP contribution in [0.1, 0.15) is 87.0 Å². The van der Waals surface area contributed by atoms with Gasteiger partial charge in [-0.2, -0.15) is 8.61 Å². The fourth-order valence-electron chi connectivity index (χ4n) is 10.3. The molecule has 0 saturated heterocycles. The summed E-state index contributed by atoms with van der Waals surface area (Å²) in [5, 5.41) is 22.9. The first-order valence-electron chi connectivity index (χ1n) is 29.3. The Kier molecular flexibility index (Phi) is 23.5. The van der Waals surface area contributed by atoms with E-state index < -0.39 is 29.9 Å². The standard InChI is InChI=1S/C62H72N14O14S2/c1-85-49-35-43(36-50(86-2)57(49)89-5)39-53-69-55-59(63)65-41-67-61(55)73(53)33-19-13-11-17-31-71(91(81,82)47-25-21-45(22-26-47)75(77)78)29-15-9-7-8-10-16-30-72(92(83,84)48-27-23-46(24-28-48)76(79)80)32-18-12-14-20-34-74-54(70-56-60(64)66-42-68-62(56)74)40-44-37-51(87-3)58(90-6)52(38-44)88-4/h21-28,35-38,41-42H,7-10,13-16,19-20,29-34,39-40H2,1-6H3,(H2,63,65,67)(H2,64,66,68). The number of nitro benzene ring substituents is 2. The molecule has 30 heteroatoms. The number of benzene rings is 4. The average molecular weight is 1300 g/mol. The second-order valence-electron chi connectivity index (χ2n) is 20.9. The second kappa shape index (κ2) is 31.7. The monoisotopic (exact) mass is 1300 g/mol. The highest BCUT2D eigenvalue weighted by Gasteiger charge is 2.27. The van der Waals surface area contributed by atoms with Gasteiger partial charge in [0.2, 0.25) is 31.5 Å². The van der Waals surface area contributed by atoms with Gasteiger partial charge in [-0.1, -0.05) is 37.5 Å². The molecule has 0 radical (unpaired) electrons. The van der Waals surface area contributed by atoms with Crippen LogP contribution in [0.4, 0.5) is 23.0 Å². The molecule has 8 rings (SSSR count). The maximum Gasteiger partial charge on any atom is 0.269 e. The normalized spacial score (nSPS) is 11.5. The summed E-state index contributed by atoms with van der Waals surface area (Å²) in [4.78, 5) is 48.3. The van der Waals surface area contributed by atoms with Crippen molar-refractivity contribution in [2.75, 3.05) is 80.3 Å². The van der Waals surface area contributed by atoms with E-state index in [2.05, 4.69) is 43.6 Å². The lowest BCUT2D eigenvalue weighted by atomic mass is 10.1. The molecule has 4 N–H and O–H groups in total. The minimum absolute atomic E-state index is 0.110. The van der Waals surface area contributed by atoms with Crippen LogP contribution in [0, 0.1) is 43.9 Å². The van der Waals surface area contributed by atoms with E-state index in [4.69, 9.17) is 49.9 Å². The molecule has 0 amide bonds. The van der Waals surface area contributed by atoms with E-state index in [1.54, 1.807) is 0 Å². The van der Waals surface area contributed by atoms with Gasteiger partial charge in [-0.3, -0.25) is 20.2 Å². The van der Waals surface area contributed by atoms with E-state index in [1.807, 2.05) is 33.4 Å². The summed E-state index contributed by atoms with van der Waals surface area (Å²) in [7, 11) is 0.918. The molecule has 28 nitrogen and oxygen atoms in total. The zero-order valence-electron chi connectivity index (χ0n) is 51.9. The summed E-state index contributed by atoms with van der Waals surface area (Å²) in [6.45, 7) is 0.820. The lowest BCUT2D eigenvalue weighted by molar-refractivity contribution is -0.385. The van der Waals surface area contributed by atoms with Gasteiger partial charge in [0, 0.05) is 76.1 Å². The molecule has 0 aliphatic heterocycles. The number of ether oxygens (including phenoxy) is 6. The van der Waals surface area contributed by atoms with Crippen molar-refractivity contribution < 1.29 is 55.1 Å². The van der Waals surface area contributed by atoms with Crippen molar-refractivity contribution in [1.82, 2.24) is 47.6 Å². The Balaban J connectivity index is 0.880. The van der Waals surface area contributed by atoms with Crippen molar-refractivity contribution in [3.63, 3.8) is 0 Å². The molecule has 8 aromatic rings. The number of imidazole rings is 2. The van der Waals surface area contributed by atoms with Crippen molar-refractivity contribution in [2.45, 2.75) is 99.9 Å². The maximum absolute atomic E-state index is 14.1. The molecule has 0 spiro atoms. The molecule has 4 aromatic carbocycles. The summed E-state index contributed by atoms with van der Waals surface area (Å²) in [5.41, 5.74) is 15.6. The molecule has 0 bridgehead atoms. The molecule has 0 atom stereocenters. The number of anilines is 2. The number of nitro groups is 2. The topological polar surface area (TPSA) is 356 Å². The van der Waals surface area contributed by atoms with Crippen LogP contribution in [0.25, 0.3) is 22.3 Å². The zero-order chi connectivity index (χ0) is 66.0. The van der Waals surface area contributed by atoms with E-state index in [0.29, 0.717) is 159 Å². The quantitative estimate of drug-likeness (QED) is 0.0169. The third-order valence-corrected chi connectivity index (χ3v) is 18.7. The molecule has 0 fully saturated rings. The fraction of sp³-hybridized carbons (Fsp3) is 0.387. The predicted octanol–water partition coefficient (Wildman–Crippen LogP) is 8.17. The van der Waals surface area contributed by atoms with Crippen molar-refractivity contribution >= 4 is 65.4 Å². The van der Waals surface area contributed by atoms with Crippen LogP contribution < -0.4 is 39.9 Å². The van der Waals surface area contributed by atoms with Gasteiger partial charge in [0.25, 0.3) is 11.4 Å². The number of non-ortho nitro benzene ring substituents is 2. The van der Waals surface area contributed by atoms with Gasteiger partial charge in [-0.05, 0) is 85.3 Å². The number of nitrogen functional groups attached to an aromatic ring is 2. The third kappa shape index (κ3) is 16.4. The number of sulfonamides is 2. The Labute approximate surface area is 532 Å². The SMILES string of the molecule is COc1cc(Cc2nc3c(N)ncnc3n2CCCC#CCN(CCCCCCCCN(CC#CCCCn2c(Cc3cc(OC)c(OC)c(OC)c3)nc3c(N)ncnc32)S(=O)(=O)c2ccc([N+](=O)[O-])cc2)S(=O)(=O)c2ccc([N+](=O)[O-])cc2)cc(OC)c1OC. The summed E-state index contributed by atoms with van der Waals surface area (Å²) >= 11 is 0. The summed E-state index contributed by atoms with van der Waals surface area (Å²) in [6.07, 6.45) is 8.87. The molecule has 0 aliphatic rings. The minimum atomic E-state index is -4.14. The molecule has 0 aliphatic carbocycles. The van der Waals surface area contributed by atoms with Gasteiger partial charge in [0.15, 0.2) is 57.0 Å². The highest BCUT2D eigenvalue weighted by atomic mass is 32.2. The maximum atomic E-state index is 14.1. The number of aromatic nitrogens is 8. The van der Waals surface area contributed by atoms with Crippen LogP contribution in [-0.4, -0.2) is 143 Å². The third-order valence-electron chi connectivity index (χ3n) is 15.0. The molecule has 0 saturated carbocycles. The zero-order valence-corrected chi connectivity index (χ0v) is 53.5. The summed E-state index contributed by atoms with van der Waals surface area (Å²) in [5.74, 6) is 16.9. The number of methoxy groups -OCH3 is 6. The van der Waals surface area contributed by atoms with Crippen molar-refractivity contribution in [1.29, 1.82) is 0 Å². The first kappa shape index (κ1) is 68.0. The number of fused-ring (bicyclic) bond motifs is 2. The molecule has 0 unspecified atom stereocenters. The van der Waals surface area contributed by atoms with E-state index in [1.165, 1.54) is 88.2 Å². The molecular formula is C62H72N14O14S2. The predicted molar refractivity (Wildman–Crippen MR) is 343 cm³/mol. The number of hydrogen-bond donors (Lipinski definition) is 2. The first-order chi connectivity index (χ1) is 44.4. The lowest BCUT2D eigenvalue weighted by Crippen LogP contribution is -2.32. The molecular weight excluding hydrogens is 1230 g/mol. The van der Waals surface area contributed by atoms with Crippen LogP contribution in [0.3, 0.4) is 0 Å². The van der Waals surface area contributed by atoms with Gasteiger partial charge in [0.1, 0.15) is 24.3 Å². The van der Waals surface area contributed by atoms with Crippen LogP contribution in [0.15, 0.2) is 95.2 Å². The second-order valence-corrected chi connectivity index (χ2v) is 24.7. The largest absolute Gasteiger partial charge is 0.493 e. The minimum Gasteiger partial charge on any atom is -0.493 e. The number of nitrogens with two attached hydrogens (primary N) is 2. The van der Waals surface area contributed by atoms with Crippen LogP contribution >= 0.6 is 0 Å². The van der Waals surface area contributed by atoms with Gasteiger partial charge in [0.05, 0.1) is 75.4 Å². The Morgan fingerprint density at radius 3 is 1.16 bits per heavy atom. The molecule has 4 aromatic heterocycles. The number of rotatable bonds is 33. The van der Waals surface area contributed by atoms with Gasteiger partial charge >= 0.3 is 0 Å². The number of hydrogen-bond acceptors (Lipinski definition) is 22. The Morgan fingerprint density at radius 1 is 0.489 bits per heavy atom. The fourth-order valence-corrected chi connectivity index (χ4v) is 13.1. The number of unbranched alkanes of at least 4 members (excludes halogenated alkanes) is 7.